The third-order valence-electron chi connectivity index (χ3n) is 7.79. The molecule has 2 amide bonds. The first kappa shape index (κ1) is 38.5. The Morgan fingerprint density at radius 1 is 1.02 bits per heavy atom. The van der Waals surface area contributed by atoms with Crippen LogP contribution in [0.15, 0.2) is 47.2 Å². The molecule has 260 valence electrons. The van der Waals surface area contributed by atoms with E-state index in [-0.39, 0.29) is 35.2 Å². The van der Waals surface area contributed by atoms with Gasteiger partial charge in [0.25, 0.3) is 17.8 Å². The summed E-state index contributed by atoms with van der Waals surface area (Å²) in [4.78, 5) is 57.0. The van der Waals surface area contributed by atoms with E-state index in [0.29, 0.717) is 19.4 Å². The molecule has 2 atom stereocenters. The standard InChI is InChI=1S/C32H48BN5O6.C2H6.3H2/c1-23(2)18-27(33-43-28(39)20-32(3,21-29(40)44-33)14-10-5-6-11-15-34-4)38-30(41)25(19-24-12-8-7-9-13-24)37-31(42)26-22-35-16-17-36-26;1-2;;;/h7-9,12-13,17,22-23,25,27,34-35H,5-6,10-11,14-16,18-21H2,1-4H3,(H,37,42)(H,38,41);1-2H3;3*1H/t25-,27?;;;;/m0..../s1. The number of benzene rings is 1. The number of nitrogens with zero attached hydrogens (tertiary/aromatic N) is 1. The Morgan fingerprint density at radius 2 is 1.67 bits per heavy atom. The molecule has 1 unspecified atom stereocenters. The number of hydrogen-bond acceptors (Lipinski definition) is 9. The number of aliphatic imine (C=N–C) groups is 1. The van der Waals surface area contributed by atoms with Crippen LogP contribution in [0, 0.1) is 11.3 Å². The van der Waals surface area contributed by atoms with E-state index < -0.39 is 48.3 Å². The Kier molecular flexibility index (Phi) is 17.1. The largest absolute Gasteiger partial charge is 0.622 e. The van der Waals surface area contributed by atoms with Gasteiger partial charge in [-0.05, 0) is 49.8 Å². The van der Waals surface area contributed by atoms with E-state index in [2.05, 4.69) is 26.3 Å². The molecule has 2 aliphatic heterocycles. The van der Waals surface area contributed by atoms with Crippen LogP contribution in [0.5, 0.6) is 0 Å². The molecule has 46 heavy (non-hydrogen) atoms. The lowest BCUT2D eigenvalue weighted by molar-refractivity contribution is -0.149. The number of nitrogens with one attached hydrogen (secondary N) is 4. The predicted octanol–water partition coefficient (Wildman–Crippen LogP) is 4.61. The minimum atomic E-state index is -1.28. The molecule has 2 heterocycles. The van der Waals surface area contributed by atoms with E-state index in [1.165, 1.54) is 6.20 Å². The predicted molar refractivity (Wildman–Crippen MR) is 188 cm³/mol. The molecule has 4 N–H and O–H groups in total. The fourth-order valence-corrected chi connectivity index (χ4v) is 5.51. The highest BCUT2D eigenvalue weighted by Gasteiger charge is 2.44. The molecule has 1 fully saturated rings. The van der Waals surface area contributed by atoms with Gasteiger partial charge in [0.15, 0.2) is 0 Å². The second kappa shape index (κ2) is 20.5. The molecule has 2 aliphatic rings. The molecule has 0 aliphatic carbocycles. The minimum Gasteiger partial charge on any atom is -0.498 e. The van der Waals surface area contributed by atoms with Gasteiger partial charge >= 0.3 is 7.12 Å². The normalized spacial score (nSPS) is 17.1. The highest BCUT2D eigenvalue weighted by molar-refractivity contribution is 6.51. The van der Waals surface area contributed by atoms with E-state index in [0.717, 1.165) is 37.8 Å². The molecule has 3 rings (SSSR count). The van der Waals surface area contributed by atoms with Crippen molar-refractivity contribution >= 4 is 37.1 Å². The van der Waals surface area contributed by atoms with Crippen LogP contribution >= 0.6 is 0 Å². The maximum absolute atomic E-state index is 13.7. The molecular formula is C34H60BN5O6. The lowest BCUT2D eigenvalue weighted by Crippen LogP contribution is -2.57. The zero-order valence-corrected chi connectivity index (χ0v) is 28.5. The smallest absolute Gasteiger partial charge is 0.498 e. The van der Waals surface area contributed by atoms with Crippen molar-refractivity contribution in [2.75, 3.05) is 20.1 Å². The molecule has 12 heteroatoms. The summed E-state index contributed by atoms with van der Waals surface area (Å²) in [6.45, 7) is 11.3. The minimum absolute atomic E-state index is 0. The van der Waals surface area contributed by atoms with Gasteiger partial charge in [0, 0.05) is 42.5 Å². The Balaban J connectivity index is 0. The summed E-state index contributed by atoms with van der Waals surface area (Å²) in [6, 6.07) is 8.36. The number of amides is 2. The summed E-state index contributed by atoms with van der Waals surface area (Å²) < 4.78 is 11.5. The molecule has 0 spiro atoms. The van der Waals surface area contributed by atoms with E-state index in [1.54, 1.807) is 6.21 Å². The lowest BCUT2D eigenvalue weighted by Gasteiger charge is -2.33. The van der Waals surface area contributed by atoms with Crippen LogP contribution in [0.3, 0.4) is 0 Å². The average Bonchev–Trinajstić information content (AvgIpc) is 3.02. The van der Waals surface area contributed by atoms with Gasteiger partial charge in [0.05, 0.1) is 5.94 Å². The topological polar surface area (TPSA) is 147 Å². The first-order valence-electron chi connectivity index (χ1n) is 16.7. The quantitative estimate of drug-likeness (QED) is 0.151. The van der Waals surface area contributed by atoms with E-state index in [1.807, 2.05) is 72.0 Å². The third kappa shape index (κ3) is 13.8. The van der Waals surface area contributed by atoms with Gasteiger partial charge < -0.3 is 30.6 Å². The van der Waals surface area contributed by atoms with E-state index in [9.17, 15) is 19.2 Å². The van der Waals surface area contributed by atoms with Crippen molar-refractivity contribution in [2.24, 2.45) is 16.3 Å². The summed E-state index contributed by atoms with van der Waals surface area (Å²) in [5.74, 6) is -2.66. The average molecular weight is 646 g/mol. The van der Waals surface area contributed by atoms with Crippen molar-refractivity contribution in [3.05, 3.63) is 47.8 Å². The molecule has 1 aromatic carbocycles. The van der Waals surface area contributed by atoms with Crippen molar-refractivity contribution in [2.45, 2.75) is 104 Å². The van der Waals surface area contributed by atoms with Gasteiger partial charge in [-0.15, -0.1) is 0 Å². The van der Waals surface area contributed by atoms with Crippen molar-refractivity contribution < 1.29 is 32.8 Å². The maximum atomic E-state index is 13.7. The number of unbranched alkanes of at least 4 members (excludes halogenated alkanes) is 3. The van der Waals surface area contributed by atoms with E-state index in [4.69, 9.17) is 9.31 Å². The summed E-state index contributed by atoms with van der Waals surface area (Å²) in [5.41, 5.74) is 0.442. The number of carbonyl (C=O) groups is 4. The van der Waals surface area contributed by atoms with Crippen molar-refractivity contribution in [3.63, 3.8) is 0 Å². The van der Waals surface area contributed by atoms with Gasteiger partial charge in [-0.1, -0.05) is 84.2 Å². The molecule has 0 radical (unpaired) electrons. The van der Waals surface area contributed by atoms with Crippen LogP contribution in [0.1, 0.15) is 95.8 Å². The molecule has 1 saturated heterocycles. The summed E-state index contributed by atoms with van der Waals surface area (Å²) in [5, 5.41) is 11.8. The van der Waals surface area contributed by atoms with Crippen LogP contribution < -0.4 is 21.3 Å². The summed E-state index contributed by atoms with van der Waals surface area (Å²) in [6.07, 6.45) is 8.66. The van der Waals surface area contributed by atoms with Crippen LogP contribution in [0.25, 0.3) is 0 Å². The molecule has 11 nitrogen and oxygen atoms in total. The summed E-state index contributed by atoms with van der Waals surface area (Å²) in [7, 11) is 0.650. The number of carbonyl (C=O) groups excluding carboxylic acids is 4. The second-order valence-electron chi connectivity index (χ2n) is 12.5. The van der Waals surface area contributed by atoms with Gasteiger partial charge in [-0.2, -0.15) is 0 Å². The molecule has 0 bridgehead atoms. The van der Waals surface area contributed by atoms with E-state index >= 15 is 0 Å². The first-order valence-corrected chi connectivity index (χ1v) is 16.7. The highest BCUT2D eigenvalue weighted by Crippen LogP contribution is 2.35. The van der Waals surface area contributed by atoms with Crippen molar-refractivity contribution in [3.8, 4) is 0 Å². The number of hydrogen-bond donors (Lipinski definition) is 4. The summed E-state index contributed by atoms with van der Waals surface area (Å²) >= 11 is 0. The van der Waals surface area contributed by atoms with Crippen molar-refractivity contribution in [1.82, 2.24) is 21.3 Å². The van der Waals surface area contributed by atoms with Gasteiger partial charge in [-0.25, -0.2) is 0 Å². The Morgan fingerprint density at radius 3 is 2.26 bits per heavy atom. The Labute approximate surface area is 279 Å². The third-order valence-corrected chi connectivity index (χ3v) is 7.79. The van der Waals surface area contributed by atoms with Crippen LogP contribution in [-0.4, -0.2) is 69.2 Å². The molecular weight excluding hydrogens is 585 g/mol. The van der Waals surface area contributed by atoms with Crippen molar-refractivity contribution in [1.29, 1.82) is 0 Å². The zero-order valence-electron chi connectivity index (χ0n) is 28.5. The van der Waals surface area contributed by atoms with Crippen LogP contribution in [0.4, 0.5) is 0 Å². The first-order chi connectivity index (χ1) is 22.1. The Bertz CT molecular complexity index is 1170. The van der Waals surface area contributed by atoms with Gasteiger partial charge in [0.1, 0.15) is 11.7 Å². The second-order valence-corrected chi connectivity index (χ2v) is 12.5. The molecule has 0 aromatic heterocycles. The highest BCUT2D eigenvalue weighted by atomic mass is 16.6. The SMILES string of the molecule is CC.CNCCCCCCC1(C)CC(=O)OB(C(CC(C)C)NC(=O)[C@H](Cc2ccccc2)NC(=O)C2=CNCC=N2)OC(=O)C1.[HH].[HH].[HH]. The van der Waals surface area contributed by atoms with Gasteiger partial charge in [0.2, 0.25) is 5.91 Å². The van der Waals surface area contributed by atoms with Crippen LogP contribution in [-0.2, 0) is 34.9 Å². The molecule has 1 aromatic rings. The monoisotopic (exact) mass is 645 g/mol. The fraction of sp³-hybridized carbons (Fsp3) is 0.618. The molecule has 0 saturated carbocycles. The number of rotatable bonds is 16. The maximum Gasteiger partial charge on any atom is 0.622 e. The fourth-order valence-electron chi connectivity index (χ4n) is 5.51. The Hall–Kier alpha value is -3.67. The van der Waals surface area contributed by atoms with Crippen LogP contribution in [0.2, 0.25) is 0 Å². The van der Waals surface area contributed by atoms with Gasteiger partial charge in [-0.3, -0.25) is 24.2 Å². The lowest BCUT2D eigenvalue weighted by atomic mass is 9.71. The zero-order chi connectivity index (χ0) is 34.0.